The van der Waals surface area contributed by atoms with Crippen LogP contribution in [-0.2, 0) is 11.2 Å². The predicted molar refractivity (Wildman–Crippen MR) is 163 cm³/mol. The smallest absolute Gasteiger partial charge is 0.253 e. The van der Waals surface area contributed by atoms with Crippen LogP contribution in [-0.4, -0.2) is 59.5 Å². The Morgan fingerprint density at radius 2 is 1.55 bits per heavy atom. The number of amides is 3. The molecule has 0 unspecified atom stereocenters. The standard InChI is InChI=1S/C33H41FN4O4/c1-3-17-38(18-4-2)33(42)25-12-8-11-24(20-25)31(40)37-30(19-23-9-6-5-7-10-23)29(35)21-26(22-39)32(41)36-28-15-13-27(34)14-16-28/h5-16,20,26,29-30,39H,3-4,17-19,21-22,35H2,1-2H3,(H,36,41)(H,37,40)/t26-,29-,30-/m0/s1. The molecule has 0 aliphatic carbocycles. The summed E-state index contributed by atoms with van der Waals surface area (Å²) >= 11 is 0. The highest BCUT2D eigenvalue weighted by Gasteiger charge is 2.28. The number of aliphatic hydroxyl groups is 1. The van der Waals surface area contributed by atoms with E-state index in [1.54, 1.807) is 29.2 Å². The summed E-state index contributed by atoms with van der Waals surface area (Å²) in [6.07, 6.45) is 2.15. The van der Waals surface area contributed by atoms with Crippen molar-refractivity contribution in [2.24, 2.45) is 11.7 Å². The van der Waals surface area contributed by atoms with E-state index in [9.17, 15) is 23.9 Å². The molecule has 3 atom stereocenters. The van der Waals surface area contributed by atoms with Crippen LogP contribution in [0.1, 0.15) is 59.4 Å². The minimum atomic E-state index is -0.857. The minimum Gasteiger partial charge on any atom is -0.396 e. The molecule has 5 N–H and O–H groups in total. The summed E-state index contributed by atoms with van der Waals surface area (Å²) in [6, 6.07) is 20.2. The number of rotatable bonds is 15. The minimum absolute atomic E-state index is 0.0861. The van der Waals surface area contributed by atoms with Gasteiger partial charge < -0.3 is 26.4 Å². The van der Waals surface area contributed by atoms with Crippen molar-refractivity contribution in [3.05, 3.63) is 101 Å². The van der Waals surface area contributed by atoms with E-state index in [1.807, 2.05) is 44.2 Å². The van der Waals surface area contributed by atoms with Gasteiger partial charge in [-0.15, -0.1) is 0 Å². The quantitative estimate of drug-likeness (QED) is 0.214. The molecule has 0 aromatic heterocycles. The molecule has 0 saturated heterocycles. The van der Waals surface area contributed by atoms with Gasteiger partial charge in [0, 0.05) is 42.0 Å². The maximum absolute atomic E-state index is 13.5. The lowest BCUT2D eigenvalue weighted by atomic mass is 9.91. The van der Waals surface area contributed by atoms with Crippen molar-refractivity contribution < 1.29 is 23.9 Å². The highest BCUT2D eigenvalue weighted by molar-refractivity contribution is 6.00. The molecule has 3 amide bonds. The average Bonchev–Trinajstić information content (AvgIpc) is 3.00. The van der Waals surface area contributed by atoms with Gasteiger partial charge in [-0.2, -0.15) is 0 Å². The number of hydrogen-bond donors (Lipinski definition) is 4. The Morgan fingerprint density at radius 1 is 0.905 bits per heavy atom. The van der Waals surface area contributed by atoms with Crippen molar-refractivity contribution in [1.82, 2.24) is 10.2 Å². The normalized spacial score (nSPS) is 13.1. The summed E-state index contributed by atoms with van der Waals surface area (Å²) in [5, 5.41) is 15.7. The molecule has 0 aliphatic heterocycles. The maximum Gasteiger partial charge on any atom is 0.253 e. The lowest BCUT2D eigenvalue weighted by Gasteiger charge is -2.28. The van der Waals surface area contributed by atoms with Gasteiger partial charge in [-0.1, -0.05) is 50.2 Å². The van der Waals surface area contributed by atoms with E-state index >= 15 is 0 Å². The van der Waals surface area contributed by atoms with Crippen LogP contribution in [0.25, 0.3) is 0 Å². The van der Waals surface area contributed by atoms with E-state index in [0.29, 0.717) is 36.3 Å². The Balaban J connectivity index is 1.77. The zero-order valence-electron chi connectivity index (χ0n) is 24.3. The molecule has 224 valence electrons. The number of nitrogens with one attached hydrogen (secondary N) is 2. The van der Waals surface area contributed by atoms with Crippen molar-refractivity contribution >= 4 is 23.4 Å². The molecule has 0 heterocycles. The highest BCUT2D eigenvalue weighted by Crippen LogP contribution is 2.17. The van der Waals surface area contributed by atoms with Crippen molar-refractivity contribution in [2.75, 3.05) is 25.0 Å². The fraction of sp³-hybridized carbons (Fsp3) is 0.364. The first-order valence-corrected chi connectivity index (χ1v) is 14.4. The number of benzene rings is 3. The van der Waals surface area contributed by atoms with Crippen LogP contribution in [0.15, 0.2) is 78.9 Å². The predicted octanol–water partition coefficient (Wildman–Crippen LogP) is 4.39. The summed E-state index contributed by atoms with van der Waals surface area (Å²) in [5.74, 6) is -2.26. The first kappa shape index (κ1) is 32.4. The molecular weight excluding hydrogens is 535 g/mol. The van der Waals surface area contributed by atoms with Crippen molar-refractivity contribution in [1.29, 1.82) is 0 Å². The molecule has 3 rings (SSSR count). The van der Waals surface area contributed by atoms with Crippen molar-refractivity contribution in [2.45, 2.75) is 51.6 Å². The zero-order chi connectivity index (χ0) is 30.5. The second kappa shape index (κ2) is 16.4. The van der Waals surface area contributed by atoms with Crippen LogP contribution >= 0.6 is 0 Å². The van der Waals surface area contributed by atoms with Gasteiger partial charge in [0.05, 0.1) is 12.5 Å². The van der Waals surface area contributed by atoms with Gasteiger partial charge >= 0.3 is 0 Å². The van der Waals surface area contributed by atoms with E-state index in [4.69, 9.17) is 5.73 Å². The van der Waals surface area contributed by atoms with Gasteiger partial charge in [0.2, 0.25) is 5.91 Å². The topological polar surface area (TPSA) is 125 Å². The molecule has 0 radical (unpaired) electrons. The zero-order valence-corrected chi connectivity index (χ0v) is 24.3. The van der Waals surface area contributed by atoms with Gasteiger partial charge in [0.25, 0.3) is 11.8 Å². The summed E-state index contributed by atoms with van der Waals surface area (Å²) in [5.41, 5.74) is 8.69. The van der Waals surface area contributed by atoms with E-state index in [1.165, 1.54) is 24.3 Å². The summed E-state index contributed by atoms with van der Waals surface area (Å²) < 4.78 is 13.3. The van der Waals surface area contributed by atoms with Crippen LogP contribution in [0.3, 0.4) is 0 Å². The summed E-state index contributed by atoms with van der Waals surface area (Å²) in [6.45, 7) is 4.85. The second-order valence-corrected chi connectivity index (χ2v) is 10.4. The number of carbonyl (C=O) groups is 3. The second-order valence-electron chi connectivity index (χ2n) is 10.4. The first-order valence-electron chi connectivity index (χ1n) is 14.4. The third-order valence-electron chi connectivity index (χ3n) is 7.04. The molecule has 9 heteroatoms. The third-order valence-corrected chi connectivity index (χ3v) is 7.04. The summed E-state index contributed by atoms with van der Waals surface area (Å²) in [4.78, 5) is 41.3. The van der Waals surface area contributed by atoms with Gasteiger partial charge in [-0.3, -0.25) is 14.4 Å². The van der Waals surface area contributed by atoms with E-state index in [0.717, 1.165) is 18.4 Å². The van der Waals surface area contributed by atoms with E-state index in [2.05, 4.69) is 10.6 Å². The van der Waals surface area contributed by atoms with Crippen LogP contribution in [0.5, 0.6) is 0 Å². The average molecular weight is 577 g/mol. The Hall–Kier alpha value is -4.08. The number of nitrogens with zero attached hydrogens (tertiary/aromatic N) is 1. The lowest BCUT2D eigenvalue weighted by molar-refractivity contribution is -0.121. The van der Waals surface area contributed by atoms with Gasteiger partial charge in [-0.25, -0.2) is 4.39 Å². The van der Waals surface area contributed by atoms with Crippen LogP contribution in [0.4, 0.5) is 10.1 Å². The molecule has 0 aliphatic rings. The maximum atomic E-state index is 13.5. The molecule has 42 heavy (non-hydrogen) atoms. The van der Waals surface area contributed by atoms with Crippen molar-refractivity contribution in [3.63, 3.8) is 0 Å². The van der Waals surface area contributed by atoms with E-state index in [-0.39, 0.29) is 12.3 Å². The van der Waals surface area contributed by atoms with Crippen LogP contribution < -0.4 is 16.4 Å². The lowest BCUT2D eigenvalue weighted by Crippen LogP contribution is -2.50. The SMILES string of the molecule is CCCN(CCC)C(=O)c1cccc(C(=O)N[C@@H](Cc2ccccc2)[C@@H](N)C[C@@H](CO)C(=O)Nc2ccc(F)cc2)c1. The number of carbonyl (C=O) groups excluding carboxylic acids is 3. The first-order chi connectivity index (χ1) is 20.2. The Labute approximate surface area is 247 Å². The van der Waals surface area contributed by atoms with Crippen LogP contribution in [0, 0.1) is 11.7 Å². The number of halogens is 1. The Kier molecular flexibility index (Phi) is 12.7. The molecule has 8 nitrogen and oxygen atoms in total. The summed E-state index contributed by atoms with van der Waals surface area (Å²) in [7, 11) is 0. The van der Waals surface area contributed by atoms with Gasteiger partial charge in [0.15, 0.2) is 0 Å². The molecule has 0 spiro atoms. The molecular formula is C33H41FN4O4. The molecule has 0 saturated carbocycles. The van der Waals surface area contributed by atoms with Crippen molar-refractivity contribution in [3.8, 4) is 0 Å². The van der Waals surface area contributed by atoms with Gasteiger partial charge in [-0.05, 0) is 73.7 Å². The monoisotopic (exact) mass is 576 g/mol. The fourth-order valence-electron chi connectivity index (χ4n) is 4.79. The Morgan fingerprint density at radius 3 is 2.17 bits per heavy atom. The number of aliphatic hydroxyl groups excluding tert-OH is 1. The Bertz CT molecular complexity index is 1300. The largest absolute Gasteiger partial charge is 0.396 e. The number of anilines is 1. The molecule has 3 aromatic carbocycles. The van der Waals surface area contributed by atoms with E-state index < -0.39 is 42.2 Å². The van der Waals surface area contributed by atoms with Gasteiger partial charge in [0.1, 0.15) is 5.82 Å². The fourth-order valence-corrected chi connectivity index (χ4v) is 4.79. The molecule has 0 bridgehead atoms. The highest BCUT2D eigenvalue weighted by atomic mass is 19.1. The van der Waals surface area contributed by atoms with Crippen LogP contribution in [0.2, 0.25) is 0 Å². The number of hydrogen-bond acceptors (Lipinski definition) is 5. The third kappa shape index (κ3) is 9.49. The molecule has 0 fully saturated rings. The number of nitrogens with two attached hydrogens (primary N) is 1. The molecule has 3 aromatic rings.